The standard InChI is InChI=1S/C19H19N3O4S/c1-12-13-6-2-3-7-14(13)26-17(12)19(25)22-21-16(23)9-4-10-20-18(24)15-8-5-11-27-15/h2-3,5-8,11H,4,9-10H2,1H3,(H,20,24)(H,21,23)(H,22,25). The number of fused-ring (bicyclic) bond motifs is 1. The molecule has 3 amide bonds. The first-order valence-electron chi connectivity index (χ1n) is 8.45. The van der Waals surface area contributed by atoms with Crippen molar-refractivity contribution in [3.8, 4) is 0 Å². The summed E-state index contributed by atoms with van der Waals surface area (Å²) < 4.78 is 5.54. The fraction of sp³-hybridized carbons (Fsp3) is 0.211. The molecule has 0 spiro atoms. The van der Waals surface area contributed by atoms with Gasteiger partial charge in [0.25, 0.3) is 5.91 Å². The van der Waals surface area contributed by atoms with E-state index in [1.807, 2.05) is 23.6 Å². The van der Waals surface area contributed by atoms with Crippen LogP contribution < -0.4 is 16.2 Å². The summed E-state index contributed by atoms with van der Waals surface area (Å²) in [5.41, 5.74) is 6.05. The molecule has 0 fully saturated rings. The summed E-state index contributed by atoms with van der Waals surface area (Å²) in [5, 5.41) is 5.43. The lowest BCUT2D eigenvalue weighted by molar-refractivity contribution is -0.121. The minimum Gasteiger partial charge on any atom is -0.451 e. The molecule has 0 atom stereocenters. The summed E-state index contributed by atoms with van der Waals surface area (Å²) in [7, 11) is 0. The molecule has 140 valence electrons. The molecule has 1 aromatic carbocycles. The van der Waals surface area contributed by atoms with Crippen LogP contribution in [0.5, 0.6) is 0 Å². The van der Waals surface area contributed by atoms with E-state index in [-0.39, 0.29) is 24.0 Å². The Morgan fingerprint density at radius 3 is 2.59 bits per heavy atom. The van der Waals surface area contributed by atoms with Crippen LogP contribution in [-0.2, 0) is 4.79 Å². The summed E-state index contributed by atoms with van der Waals surface area (Å²) in [6.07, 6.45) is 0.632. The highest BCUT2D eigenvalue weighted by molar-refractivity contribution is 7.12. The van der Waals surface area contributed by atoms with E-state index in [0.717, 1.165) is 5.39 Å². The smallest absolute Gasteiger partial charge is 0.305 e. The summed E-state index contributed by atoms with van der Waals surface area (Å²) in [6.45, 7) is 2.17. The van der Waals surface area contributed by atoms with Gasteiger partial charge in [0.2, 0.25) is 5.91 Å². The van der Waals surface area contributed by atoms with E-state index >= 15 is 0 Å². The number of carbonyl (C=O) groups is 3. The maximum atomic E-state index is 12.2. The van der Waals surface area contributed by atoms with Gasteiger partial charge in [0.05, 0.1) is 4.88 Å². The first-order chi connectivity index (χ1) is 13.1. The lowest BCUT2D eigenvalue weighted by Crippen LogP contribution is -2.41. The number of para-hydroxylation sites is 1. The Kier molecular flexibility index (Phi) is 5.87. The number of thiophene rings is 1. The normalized spacial score (nSPS) is 10.6. The average molecular weight is 385 g/mol. The Morgan fingerprint density at radius 1 is 1.04 bits per heavy atom. The van der Waals surface area contributed by atoms with Crippen molar-refractivity contribution in [2.24, 2.45) is 0 Å². The number of rotatable bonds is 6. The lowest BCUT2D eigenvalue weighted by Gasteiger charge is -2.07. The Morgan fingerprint density at radius 2 is 1.85 bits per heavy atom. The molecule has 3 aromatic rings. The molecule has 8 heteroatoms. The second-order valence-corrected chi connectivity index (χ2v) is 6.84. The van der Waals surface area contributed by atoms with Crippen LogP contribution >= 0.6 is 11.3 Å². The number of hydrogen-bond acceptors (Lipinski definition) is 5. The summed E-state index contributed by atoms with van der Waals surface area (Å²) in [4.78, 5) is 36.4. The van der Waals surface area contributed by atoms with E-state index in [9.17, 15) is 14.4 Å². The van der Waals surface area contributed by atoms with Gasteiger partial charge in [-0.25, -0.2) is 0 Å². The van der Waals surface area contributed by atoms with Gasteiger partial charge >= 0.3 is 5.91 Å². The molecule has 0 bridgehead atoms. The van der Waals surface area contributed by atoms with Crippen LogP contribution in [0.2, 0.25) is 0 Å². The zero-order valence-corrected chi connectivity index (χ0v) is 15.5. The molecule has 3 rings (SSSR count). The lowest BCUT2D eigenvalue weighted by atomic mass is 10.1. The maximum absolute atomic E-state index is 12.2. The Hall–Kier alpha value is -3.13. The molecule has 0 saturated heterocycles. The number of hydrogen-bond donors (Lipinski definition) is 3. The predicted molar refractivity (Wildman–Crippen MR) is 102 cm³/mol. The van der Waals surface area contributed by atoms with Crippen molar-refractivity contribution in [3.05, 3.63) is 58.0 Å². The Bertz CT molecular complexity index is 963. The zero-order chi connectivity index (χ0) is 19.2. The first kappa shape index (κ1) is 18.7. The topological polar surface area (TPSA) is 100 Å². The largest absolute Gasteiger partial charge is 0.451 e. The van der Waals surface area contributed by atoms with Crippen molar-refractivity contribution in [3.63, 3.8) is 0 Å². The van der Waals surface area contributed by atoms with Crippen LogP contribution in [0.25, 0.3) is 11.0 Å². The predicted octanol–water partition coefficient (Wildman–Crippen LogP) is 2.77. The molecule has 0 unspecified atom stereocenters. The van der Waals surface area contributed by atoms with Gasteiger partial charge in [-0.15, -0.1) is 11.3 Å². The molecular weight excluding hydrogens is 366 g/mol. The quantitative estimate of drug-likeness (QED) is 0.449. The van der Waals surface area contributed by atoms with Crippen molar-refractivity contribution in [1.82, 2.24) is 16.2 Å². The minimum atomic E-state index is -0.511. The minimum absolute atomic E-state index is 0.154. The van der Waals surface area contributed by atoms with E-state index in [1.165, 1.54) is 11.3 Å². The number of aryl methyl sites for hydroxylation is 1. The SMILES string of the molecule is Cc1c(C(=O)NNC(=O)CCCNC(=O)c2cccs2)oc2ccccc12. The fourth-order valence-electron chi connectivity index (χ4n) is 2.58. The molecule has 0 aliphatic carbocycles. The molecule has 2 aromatic heterocycles. The number of carbonyl (C=O) groups excluding carboxylic acids is 3. The number of benzene rings is 1. The molecule has 0 saturated carbocycles. The van der Waals surface area contributed by atoms with Crippen molar-refractivity contribution in [2.75, 3.05) is 6.54 Å². The highest BCUT2D eigenvalue weighted by Gasteiger charge is 2.17. The highest BCUT2D eigenvalue weighted by Crippen LogP contribution is 2.24. The number of furan rings is 1. The maximum Gasteiger partial charge on any atom is 0.305 e. The van der Waals surface area contributed by atoms with Gasteiger partial charge in [-0.2, -0.15) is 0 Å². The van der Waals surface area contributed by atoms with E-state index in [0.29, 0.717) is 29.0 Å². The van der Waals surface area contributed by atoms with E-state index in [4.69, 9.17) is 4.42 Å². The van der Waals surface area contributed by atoms with E-state index in [1.54, 1.807) is 25.1 Å². The van der Waals surface area contributed by atoms with Crippen molar-refractivity contribution >= 4 is 40.0 Å². The second-order valence-electron chi connectivity index (χ2n) is 5.89. The molecule has 2 heterocycles. The van der Waals surface area contributed by atoms with E-state index < -0.39 is 5.91 Å². The molecule has 7 nitrogen and oxygen atoms in total. The van der Waals surface area contributed by atoms with Gasteiger partial charge in [-0.1, -0.05) is 24.3 Å². The van der Waals surface area contributed by atoms with Crippen LogP contribution in [0.1, 0.15) is 38.6 Å². The number of amides is 3. The molecule has 3 N–H and O–H groups in total. The third kappa shape index (κ3) is 4.53. The van der Waals surface area contributed by atoms with Crippen LogP contribution in [0.3, 0.4) is 0 Å². The average Bonchev–Trinajstić information content (AvgIpc) is 3.32. The van der Waals surface area contributed by atoms with Gasteiger partial charge in [0.1, 0.15) is 5.58 Å². The Labute approximate surface area is 159 Å². The highest BCUT2D eigenvalue weighted by atomic mass is 32.1. The molecule has 0 aliphatic rings. The van der Waals surface area contributed by atoms with Crippen molar-refractivity contribution in [2.45, 2.75) is 19.8 Å². The van der Waals surface area contributed by atoms with Gasteiger partial charge < -0.3 is 9.73 Å². The summed E-state index contributed by atoms with van der Waals surface area (Å²) in [5.74, 6) is -0.843. The van der Waals surface area contributed by atoms with Gasteiger partial charge in [0.15, 0.2) is 5.76 Å². The molecular formula is C19H19N3O4S. The Balaban J connectivity index is 1.41. The van der Waals surface area contributed by atoms with Crippen LogP contribution in [0.15, 0.2) is 46.2 Å². The number of nitrogens with one attached hydrogen (secondary N) is 3. The van der Waals surface area contributed by atoms with Gasteiger partial charge in [-0.05, 0) is 30.9 Å². The van der Waals surface area contributed by atoms with Crippen molar-refractivity contribution in [1.29, 1.82) is 0 Å². The summed E-state index contributed by atoms with van der Waals surface area (Å²) in [6, 6.07) is 10.9. The number of hydrazine groups is 1. The molecule has 27 heavy (non-hydrogen) atoms. The third-order valence-corrected chi connectivity index (χ3v) is 4.85. The van der Waals surface area contributed by atoms with E-state index in [2.05, 4.69) is 16.2 Å². The fourth-order valence-corrected chi connectivity index (χ4v) is 3.22. The third-order valence-electron chi connectivity index (χ3n) is 3.98. The monoisotopic (exact) mass is 385 g/mol. The molecule has 0 radical (unpaired) electrons. The zero-order valence-electron chi connectivity index (χ0n) is 14.7. The van der Waals surface area contributed by atoms with Crippen LogP contribution in [0, 0.1) is 6.92 Å². The van der Waals surface area contributed by atoms with Crippen LogP contribution in [-0.4, -0.2) is 24.3 Å². The molecule has 0 aliphatic heterocycles. The van der Waals surface area contributed by atoms with Gasteiger partial charge in [0, 0.05) is 23.9 Å². The summed E-state index contributed by atoms with van der Waals surface area (Å²) >= 11 is 1.36. The van der Waals surface area contributed by atoms with Crippen LogP contribution in [0.4, 0.5) is 0 Å². The van der Waals surface area contributed by atoms with Crippen molar-refractivity contribution < 1.29 is 18.8 Å². The van der Waals surface area contributed by atoms with Gasteiger partial charge in [-0.3, -0.25) is 25.2 Å². The first-order valence-corrected chi connectivity index (χ1v) is 9.33. The second kappa shape index (κ2) is 8.50.